The van der Waals surface area contributed by atoms with Crippen LogP contribution in [0.25, 0.3) is 0 Å². The van der Waals surface area contributed by atoms with Crippen LogP contribution in [-0.4, -0.2) is 37.7 Å². The first-order valence-corrected chi connectivity index (χ1v) is 6.28. The number of methoxy groups -OCH3 is 1. The van der Waals surface area contributed by atoms with E-state index in [4.69, 9.17) is 4.74 Å². The van der Waals surface area contributed by atoms with Gasteiger partial charge in [0.25, 0.3) is 0 Å². The first-order chi connectivity index (χ1) is 8.19. The number of nitrogens with zero attached hydrogens (tertiary/aromatic N) is 1. The minimum Gasteiger partial charge on any atom is -0.496 e. The van der Waals surface area contributed by atoms with Crippen molar-refractivity contribution < 1.29 is 4.74 Å². The van der Waals surface area contributed by atoms with E-state index in [9.17, 15) is 0 Å². The Kier molecular flexibility index (Phi) is 5.93. The molecule has 1 fully saturated rings. The minimum absolute atomic E-state index is 0. The Bertz CT molecular complexity index is 384. The fourth-order valence-corrected chi connectivity index (χ4v) is 2.38. The number of ether oxygens (including phenoxy) is 1. The monoisotopic (exact) mass is 270 g/mol. The molecule has 0 bridgehead atoms. The molecule has 1 unspecified atom stereocenters. The number of benzene rings is 1. The van der Waals surface area contributed by atoms with Crippen LogP contribution in [0.15, 0.2) is 18.2 Å². The summed E-state index contributed by atoms with van der Waals surface area (Å²) in [6, 6.07) is 7.09. The predicted molar refractivity (Wildman–Crippen MR) is 77.7 cm³/mol. The van der Waals surface area contributed by atoms with Crippen LogP contribution in [0, 0.1) is 6.92 Å². The molecule has 1 atom stereocenters. The highest BCUT2D eigenvalue weighted by Gasteiger charge is 2.15. The predicted octanol–water partition coefficient (Wildman–Crippen LogP) is 2.22. The van der Waals surface area contributed by atoms with Gasteiger partial charge in [0.15, 0.2) is 0 Å². The molecule has 4 heteroatoms. The molecule has 1 aromatic rings. The lowest BCUT2D eigenvalue weighted by atomic mass is 10.1. The first-order valence-electron chi connectivity index (χ1n) is 6.28. The molecular formula is C14H23ClN2O. The number of hydrogen-bond acceptors (Lipinski definition) is 3. The average Bonchev–Trinajstić information content (AvgIpc) is 2.32. The van der Waals surface area contributed by atoms with E-state index in [1.165, 1.54) is 11.1 Å². The zero-order valence-electron chi connectivity index (χ0n) is 11.4. The van der Waals surface area contributed by atoms with Crippen molar-refractivity contribution in [1.82, 2.24) is 10.2 Å². The van der Waals surface area contributed by atoms with Crippen molar-refractivity contribution in [1.29, 1.82) is 0 Å². The van der Waals surface area contributed by atoms with Crippen LogP contribution in [0.2, 0.25) is 0 Å². The topological polar surface area (TPSA) is 24.5 Å². The number of rotatable bonds is 3. The van der Waals surface area contributed by atoms with Gasteiger partial charge in [-0.25, -0.2) is 0 Å². The zero-order valence-corrected chi connectivity index (χ0v) is 12.2. The van der Waals surface area contributed by atoms with Crippen LogP contribution in [0.1, 0.15) is 18.1 Å². The molecule has 1 heterocycles. The Morgan fingerprint density at radius 2 is 2.22 bits per heavy atom. The maximum Gasteiger partial charge on any atom is 0.122 e. The molecule has 1 saturated heterocycles. The van der Waals surface area contributed by atoms with Gasteiger partial charge >= 0.3 is 0 Å². The van der Waals surface area contributed by atoms with Gasteiger partial charge in [0.05, 0.1) is 7.11 Å². The van der Waals surface area contributed by atoms with Crippen molar-refractivity contribution in [3.63, 3.8) is 0 Å². The Hall–Kier alpha value is -0.770. The van der Waals surface area contributed by atoms with Gasteiger partial charge in [0, 0.05) is 32.2 Å². The van der Waals surface area contributed by atoms with E-state index in [2.05, 4.69) is 42.3 Å². The molecule has 0 radical (unpaired) electrons. The molecule has 0 amide bonds. The third-order valence-electron chi connectivity index (χ3n) is 3.33. The van der Waals surface area contributed by atoms with E-state index in [0.717, 1.165) is 31.9 Å². The Morgan fingerprint density at radius 1 is 1.44 bits per heavy atom. The van der Waals surface area contributed by atoms with Gasteiger partial charge in [0.1, 0.15) is 5.75 Å². The van der Waals surface area contributed by atoms with Crippen molar-refractivity contribution in [2.24, 2.45) is 0 Å². The summed E-state index contributed by atoms with van der Waals surface area (Å²) >= 11 is 0. The van der Waals surface area contributed by atoms with Gasteiger partial charge in [0.2, 0.25) is 0 Å². The molecule has 1 aliphatic heterocycles. The molecular weight excluding hydrogens is 248 g/mol. The minimum atomic E-state index is 0. The van der Waals surface area contributed by atoms with Crippen LogP contribution < -0.4 is 10.1 Å². The normalized spacial score (nSPS) is 20.3. The van der Waals surface area contributed by atoms with Crippen molar-refractivity contribution in [2.75, 3.05) is 26.7 Å². The van der Waals surface area contributed by atoms with Gasteiger partial charge < -0.3 is 10.1 Å². The first kappa shape index (κ1) is 15.3. The van der Waals surface area contributed by atoms with Crippen molar-refractivity contribution >= 4 is 12.4 Å². The van der Waals surface area contributed by atoms with Crippen LogP contribution in [0.3, 0.4) is 0 Å². The summed E-state index contributed by atoms with van der Waals surface area (Å²) in [5.74, 6) is 0.991. The van der Waals surface area contributed by atoms with E-state index in [-0.39, 0.29) is 12.4 Å². The van der Waals surface area contributed by atoms with Crippen molar-refractivity contribution in [3.8, 4) is 5.75 Å². The van der Waals surface area contributed by atoms with E-state index < -0.39 is 0 Å². The summed E-state index contributed by atoms with van der Waals surface area (Å²) in [6.45, 7) is 8.67. The number of aryl methyl sites for hydroxylation is 1. The fourth-order valence-electron chi connectivity index (χ4n) is 2.38. The molecule has 0 saturated carbocycles. The molecule has 1 N–H and O–H groups in total. The quantitative estimate of drug-likeness (QED) is 0.912. The zero-order chi connectivity index (χ0) is 12.3. The Labute approximate surface area is 116 Å². The van der Waals surface area contributed by atoms with Crippen molar-refractivity contribution in [3.05, 3.63) is 29.3 Å². The standard InChI is InChI=1S/C14H22N2O.ClH/c1-11-4-5-13(8-14(11)17-3)10-16-7-6-15-12(2)9-16;/h4-5,8,12,15H,6-7,9-10H2,1-3H3;1H. The molecule has 2 rings (SSSR count). The lowest BCUT2D eigenvalue weighted by molar-refractivity contribution is 0.199. The molecule has 0 aromatic heterocycles. The Morgan fingerprint density at radius 3 is 2.89 bits per heavy atom. The molecule has 102 valence electrons. The molecule has 3 nitrogen and oxygen atoms in total. The summed E-state index contributed by atoms with van der Waals surface area (Å²) in [7, 11) is 1.74. The second-order valence-corrected chi connectivity index (χ2v) is 4.89. The lowest BCUT2D eigenvalue weighted by Gasteiger charge is -2.31. The summed E-state index contributed by atoms with van der Waals surface area (Å²) in [6.07, 6.45) is 0. The van der Waals surface area contributed by atoms with E-state index in [1.54, 1.807) is 7.11 Å². The molecule has 0 aliphatic carbocycles. The van der Waals surface area contributed by atoms with E-state index in [0.29, 0.717) is 6.04 Å². The summed E-state index contributed by atoms with van der Waals surface area (Å²) < 4.78 is 5.37. The Balaban J connectivity index is 0.00000162. The number of nitrogens with one attached hydrogen (secondary N) is 1. The SMILES string of the molecule is COc1cc(CN2CCNC(C)C2)ccc1C.Cl. The fraction of sp³-hybridized carbons (Fsp3) is 0.571. The van der Waals surface area contributed by atoms with Gasteiger partial charge in [-0.05, 0) is 31.0 Å². The summed E-state index contributed by atoms with van der Waals surface area (Å²) in [5.41, 5.74) is 2.53. The van der Waals surface area contributed by atoms with E-state index >= 15 is 0 Å². The second kappa shape index (κ2) is 6.98. The second-order valence-electron chi connectivity index (χ2n) is 4.89. The summed E-state index contributed by atoms with van der Waals surface area (Å²) in [5, 5.41) is 3.46. The van der Waals surface area contributed by atoms with Crippen LogP contribution in [0.5, 0.6) is 5.75 Å². The van der Waals surface area contributed by atoms with Gasteiger partial charge in [-0.3, -0.25) is 4.90 Å². The largest absolute Gasteiger partial charge is 0.496 e. The molecule has 1 aromatic carbocycles. The van der Waals surface area contributed by atoms with Crippen LogP contribution >= 0.6 is 12.4 Å². The average molecular weight is 271 g/mol. The van der Waals surface area contributed by atoms with E-state index in [1.807, 2.05) is 0 Å². The third-order valence-corrected chi connectivity index (χ3v) is 3.33. The van der Waals surface area contributed by atoms with Crippen LogP contribution in [-0.2, 0) is 6.54 Å². The third kappa shape index (κ3) is 3.87. The molecule has 1 aliphatic rings. The van der Waals surface area contributed by atoms with Gasteiger partial charge in [-0.2, -0.15) is 0 Å². The number of halogens is 1. The maximum absolute atomic E-state index is 5.37. The summed E-state index contributed by atoms with van der Waals surface area (Å²) in [4.78, 5) is 2.49. The van der Waals surface area contributed by atoms with Gasteiger partial charge in [-0.1, -0.05) is 12.1 Å². The van der Waals surface area contributed by atoms with Crippen LogP contribution in [0.4, 0.5) is 0 Å². The number of piperazine rings is 1. The number of hydrogen-bond donors (Lipinski definition) is 1. The highest BCUT2D eigenvalue weighted by Crippen LogP contribution is 2.20. The lowest BCUT2D eigenvalue weighted by Crippen LogP contribution is -2.48. The van der Waals surface area contributed by atoms with Crippen molar-refractivity contribution in [2.45, 2.75) is 26.4 Å². The maximum atomic E-state index is 5.37. The smallest absolute Gasteiger partial charge is 0.122 e. The van der Waals surface area contributed by atoms with Gasteiger partial charge in [-0.15, -0.1) is 12.4 Å². The molecule has 0 spiro atoms. The highest BCUT2D eigenvalue weighted by molar-refractivity contribution is 5.85. The molecule has 18 heavy (non-hydrogen) atoms. The highest BCUT2D eigenvalue weighted by atomic mass is 35.5.